The highest BCUT2D eigenvalue weighted by Crippen LogP contribution is 2.65. The topological polar surface area (TPSA) is 3.24 Å². The number of nitrogens with zero attached hydrogens (tertiary/aromatic N) is 1. The molecule has 1 atom stereocenters. The molecule has 1 nitrogen and oxygen atoms in total. The van der Waals surface area contributed by atoms with Crippen LogP contribution >= 0.6 is 0 Å². The highest BCUT2D eigenvalue weighted by molar-refractivity contribution is 6.01. The van der Waals surface area contributed by atoms with Crippen molar-refractivity contribution in [2.75, 3.05) is 4.90 Å². The second-order valence-corrected chi connectivity index (χ2v) is 21.4. The fourth-order valence-electron chi connectivity index (χ4n) is 13.0. The van der Waals surface area contributed by atoms with Crippen LogP contribution in [0.5, 0.6) is 0 Å². The minimum Gasteiger partial charge on any atom is -0.310 e. The molecular formula is C66H53N. The first kappa shape index (κ1) is 39.9. The molecule has 0 heterocycles. The predicted octanol–water partition coefficient (Wildman–Crippen LogP) is 16.8. The van der Waals surface area contributed by atoms with Gasteiger partial charge in [-0.1, -0.05) is 200 Å². The van der Waals surface area contributed by atoms with Gasteiger partial charge in [0.25, 0.3) is 0 Å². The summed E-state index contributed by atoms with van der Waals surface area (Å²) in [5.41, 5.74) is 28.1. The lowest BCUT2D eigenvalue weighted by Gasteiger charge is -2.35. The quantitative estimate of drug-likeness (QED) is 0.159. The molecule has 8 aromatic carbocycles. The van der Waals surface area contributed by atoms with Gasteiger partial charge in [0.2, 0.25) is 0 Å². The Morgan fingerprint density at radius 2 is 1.06 bits per heavy atom. The van der Waals surface area contributed by atoms with Crippen molar-refractivity contribution in [3.63, 3.8) is 0 Å². The van der Waals surface area contributed by atoms with Gasteiger partial charge < -0.3 is 4.90 Å². The van der Waals surface area contributed by atoms with Crippen LogP contribution in [-0.4, -0.2) is 0 Å². The van der Waals surface area contributed by atoms with E-state index in [0.717, 1.165) is 11.4 Å². The summed E-state index contributed by atoms with van der Waals surface area (Å²) in [6.07, 6.45) is 5.05. The molecule has 0 fully saturated rings. The first-order valence-electron chi connectivity index (χ1n) is 24.1. The average molecular weight is 860 g/mol. The van der Waals surface area contributed by atoms with E-state index in [1.807, 2.05) is 0 Å². The fourth-order valence-corrected chi connectivity index (χ4v) is 13.0. The Kier molecular flexibility index (Phi) is 8.24. The Hall–Kier alpha value is -7.40. The first-order valence-corrected chi connectivity index (χ1v) is 24.1. The van der Waals surface area contributed by atoms with Gasteiger partial charge in [0.1, 0.15) is 0 Å². The van der Waals surface area contributed by atoms with Crippen LogP contribution in [0.1, 0.15) is 105 Å². The van der Waals surface area contributed by atoms with Crippen LogP contribution in [-0.2, 0) is 21.7 Å². The number of hydrogen-bond donors (Lipinski definition) is 0. The molecular weight excluding hydrogens is 807 g/mol. The van der Waals surface area contributed by atoms with Crippen LogP contribution in [0.15, 0.2) is 188 Å². The smallest absolute Gasteiger partial charge is 0.0703 e. The van der Waals surface area contributed by atoms with Gasteiger partial charge in [0, 0.05) is 34.2 Å². The van der Waals surface area contributed by atoms with Crippen molar-refractivity contribution < 1.29 is 0 Å². The maximum Gasteiger partial charge on any atom is 0.0703 e. The molecule has 5 aliphatic rings. The zero-order chi connectivity index (χ0) is 45.6. The monoisotopic (exact) mass is 859 g/mol. The maximum absolute atomic E-state index is 3.58. The van der Waals surface area contributed by atoms with Crippen molar-refractivity contribution in [2.45, 2.75) is 76.5 Å². The zero-order valence-electron chi connectivity index (χ0n) is 39.5. The summed E-state index contributed by atoms with van der Waals surface area (Å²) in [7, 11) is 0. The van der Waals surface area contributed by atoms with Gasteiger partial charge in [0.05, 0.1) is 11.1 Å². The Morgan fingerprint density at radius 1 is 0.478 bits per heavy atom. The average Bonchev–Trinajstić information content (AvgIpc) is 3.87. The molecule has 8 aromatic rings. The van der Waals surface area contributed by atoms with Gasteiger partial charge in [-0.2, -0.15) is 0 Å². The van der Waals surface area contributed by atoms with E-state index >= 15 is 0 Å². The highest BCUT2D eigenvalue weighted by atomic mass is 15.1. The van der Waals surface area contributed by atoms with Crippen LogP contribution in [0.4, 0.5) is 17.1 Å². The van der Waals surface area contributed by atoms with Gasteiger partial charge in [-0.15, -0.1) is 0 Å². The summed E-state index contributed by atoms with van der Waals surface area (Å²) < 4.78 is 0. The molecule has 1 unspecified atom stereocenters. The molecule has 1 heteroatoms. The normalized spacial score (nSPS) is 17.9. The fraction of sp³-hybridized carbons (Fsp3) is 0.182. The van der Waals surface area contributed by atoms with Gasteiger partial charge in [-0.25, -0.2) is 0 Å². The molecule has 0 bridgehead atoms. The summed E-state index contributed by atoms with van der Waals surface area (Å²) >= 11 is 0. The lowest BCUT2D eigenvalue weighted by atomic mass is 9.66. The van der Waals surface area contributed by atoms with Crippen LogP contribution < -0.4 is 4.90 Å². The molecule has 0 radical (unpaired) electrons. The molecule has 0 aromatic heterocycles. The highest BCUT2D eigenvalue weighted by Gasteiger charge is 2.54. The van der Waals surface area contributed by atoms with Crippen LogP contribution in [0.25, 0.3) is 50.1 Å². The Morgan fingerprint density at radius 3 is 1.82 bits per heavy atom. The van der Waals surface area contributed by atoms with Gasteiger partial charge in [-0.05, 0) is 148 Å². The number of rotatable bonds is 4. The third kappa shape index (κ3) is 5.33. The third-order valence-electron chi connectivity index (χ3n) is 16.2. The van der Waals surface area contributed by atoms with Gasteiger partial charge in [0.15, 0.2) is 0 Å². The number of hydrogen-bond acceptors (Lipinski definition) is 1. The second kappa shape index (κ2) is 13.8. The van der Waals surface area contributed by atoms with Gasteiger partial charge >= 0.3 is 0 Å². The molecule has 322 valence electrons. The Labute approximate surface area is 396 Å². The minimum absolute atomic E-state index is 0.0106. The zero-order valence-corrected chi connectivity index (χ0v) is 39.5. The van der Waals surface area contributed by atoms with E-state index in [1.54, 1.807) is 0 Å². The molecule has 0 N–H and O–H groups in total. The van der Waals surface area contributed by atoms with E-state index in [2.05, 4.69) is 247 Å². The van der Waals surface area contributed by atoms with Crippen molar-refractivity contribution in [3.8, 4) is 56.3 Å². The SMILES string of the molecule is CC(C)(C)c1ccc2c(c1)C1(C3=C2C=CC#CC3)c2ccccc2-c2cccc(-c3ccc(N(c4ccc5c(c4)C(C)(C)c4ccccc4-5)c4cccc5c4-c4ccccc4C5(C)C)cc3)c21. The van der Waals surface area contributed by atoms with E-state index in [9.17, 15) is 0 Å². The van der Waals surface area contributed by atoms with Crippen LogP contribution in [0.2, 0.25) is 0 Å². The Balaban J connectivity index is 1.03. The molecule has 5 aliphatic carbocycles. The van der Waals surface area contributed by atoms with Crippen LogP contribution in [0, 0.1) is 11.8 Å². The summed E-state index contributed by atoms with van der Waals surface area (Å²) in [6, 6.07) is 65.0. The summed E-state index contributed by atoms with van der Waals surface area (Å²) in [6.45, 7) is 16.5. The maximum atomic E-state index is 3.58. The number of fused-ring (bicyclic) bond motifs is 15. The van der Waals surface area contributed by atoms with E-state index < -0.39 is 5.41 Å². The van der Waals surface area contributed by atoms with E-state index in [-0.39, 0.29) is 16.2 Å². The third-order valence-corrected chi connectivity index (χ3v) is 16.2. The van der Waals surface area contributed by atoms with Crippen LogP contribution in [0.3, 0.4) is 0 Å². The van der Waals surface area contributed by atoms with Crippen molar-refractivity contribution >= 4 is 22.6 Å². The van der Waals surface area contributed by atoms with Gasteiger partial charge in [-0.3, -0.25) is 0 Å². The Bertz CT molecular complexity index is 3590. The van der Waals surface area contributed by atoms with E-state index in [0.29, 0.717) is 6.42 Å². The largest absolute Gasteiger partial charge is 0.310 e. The summed E-state index contributed by atoms with van der Waals surface area (Å²) in [5, 5.41) is 0. The predicted molar refractivity (Wildman–Crippen MR) is 281 cm³/mol. The molecule has 0 saturated heterocycles. The van der Waals surface area contributed by atoms with Crippen molar-refractivity contribution in [2.24, 2.45) is 0 Å². The lowest BCUT2D eigenvalue weighted by Crippen LogP contribution is -2.29. The molecule has 1 spiro atoms. The minimum atomic E-state index is -0.484. The lowest BCUT2D eigenvalue weighted by molar-refractivity contribution is 0.587. The standard InChI is InChI=1S/C66H53N/c1-63(2,3)42-33-37-50-47-19-9-8-10-27-55(47)66(59(50)39-42)56-28-16-12-21-48(56)51-24-17-23-45(62(51)66)41-31-34-43(35-32-41)67(44-36-38-49-46-20-11-14-25-53(46)65(6,7)58(49)40-44)60-30-18-29-57-61(60)52-22-13-15-26-54(52)64(57,4)5/h9,11-26,28-40H,27H2,1-7H3. The first-order chi connectivity index (χ1) is 32.4. The van der Waals surface area contributed by atoms with Crippen molar-refractivity contribution in [1.29, 1.82) is 0 Å². The second-order valence-electron chi connectivity index (χ2n) is 21.4. The molecule has 0 amide bonds. The van der Waals surface area contributed by atoms with E-state index in [4.69, 9.17) is 0 Å². The summed E-state index contributed by atoms with van der Waals surface area (Å²) in [5.74, 6) is 6.93. The molecule has 13 rings (SSSR count). The van der Waals surface area contributed by atoms with Crippen molar-refractivity contribution in [3.05, 3.63) is 238 Å². The summed E-state index contributed by atoms with van der Waals surface area (Å²) in [4.78, 5) is 2.53. The number of anilines is 3. The number of benzene rings is 8. The van der Waals surface area contributed by atoms with E-state index in [1.165, 1.54) is 111 Å². The molecule has 0 saturated carbocycles. The number of allylic oxidation sites excluding steroid dienone is 4. The molecule has 67 heavy (non-hydrogen) atoms. The van der Waals surface area contributed by atoms with Crippen molar-refractivity contribution in [1.82, 2.24) is 0 Å². The molecule has 0 aliphatic heterocycles.